The summed E-state index contributed by atoms with van der Waals surface area (Å²) in [4.78, 5) is 26.4. The van der Waals surface area contributed by atoms with E-state index in [9.17, 15) is 9.59 Å². The van der Waals surface area contributed by atoms with Crippen LogP contribution in [0.5, 0.6) is 0 Å². The average Bonchev–Trinajstić information content (AvgIpc) is 3.19. The number of nitrogens with one attached hydrogen (secondary N) is 3. The molecular weight excluding hydrogens is 294 g/mol. The van der Waals surface area contributed by atoms with Gasteiger partial charge in [-0.1, -0.05) is 18.2 Å². The predicted octanol–water partition coefficient (Wildman–Crippen LogP) is 0.556. The van der Waals surface area contributed by atoms with Crippen molar-refractivity contribution in [3.8, 4) is 0 Å². The minimum absolute atomic E-state index is 0.226. The van der Waals surface area contributed by atoms with Crippen LogP contribution in [0.4, 0.5) is 0 Å². The summed E-state index contributed by atoms with van der Waals surface area (Å²) in [5.74, 6) is -0.299. The maximum Gasteiger partial charge on any atom is 0.273 e. The van der Waals surface area contributed by atoms with E-state index in [1.54, 1.807) is 6.20 Å². The molecule has 1 aromatic carbocycles. The molecule has 0 bridgehead atoms. The average molecular weight is 309 g/mol. The zero-order valence-electron chi connectivity index (χ0n) is 12.3. The van der Waals surface area contributed by atoms with Crippen LogP contribution in [-0.2, 0) is 19.6 Å². The lowest BCUT2D eigenvalue weighted by atomic mass is 10.1. The van der Waals surface area contributed by atoms with Gasteiger partial charge in [-0.15, -0.1) is 0 Å². The second-order valence-corrected chi connectivity index (χ2v) is 5.54. The molecule has 4 rings (SSSR count). The molecule has 3 aromatic rings. The van der Waals surface area contributed by atoms with Crippen molar-refractivity contribution in [1.82, 2.24) is 25.2 Å². The van der Waals surface area contributed by atoms with Gasteiger partial charge in [-0.25, -0.2) is 4.52 Å². The minimum Gasteiger partial charge on any atom is -0.347 e. The van der Waals surface area contributed by atoms with E-state index in [-0.39, 0.29) is 17.2 Å². The van der Waals surface area contributed by atoms with Crippen molar-refractivity contribution in [3.63, 3.8) is 0 Å². The van der Waals surface area contributed by atoms with Crippen molar-refractivity contribution in [3.05, 3.63) is 69.4 Å². The summed E-state index contributed by atoms with van der Waals surface area (Å²) < 4.78 is 1.40. The van der Waals surface area contributed by atoms with Crippen LogP contribution in [0.1, 0.15) is 27.2 Å². The monoisotopic (exact) mass is 309 g/mol. The normalized spacial score (nSPS) is 13.2. The molecule has 0 saturated carbocycles. The second-order valence-electron chi connectivity index (χ2n) is 5.54. The molecule has 1 amide bonds. The Bertz CT molecular complexity index is 957. The molecule has 0 radical (unpaired) electrons. The Morgan fingerprint density at radius 2 is 2.13 bits per heavy atom. The van der Waals surface area contributed by atoms with E-state index < -0.39 is 0 Å². The molecule has 0 atom stereocenters. The lowest BCUT2D eigenvalue weighted by molar-refractivity contribution is 0.0945. The number of benzene rings is 1. The molecule has 23 heavy (non-hydrogen) atoms. The van der Waals surface area contributed by atoms with Gasteiger partial charge in [0.1, 0.15) is 5.52 Å². The van der Waals surface area contributed by atoms with E-state index in [4.69, 9.17) is 0 Å². The van der Waals surface area contributed by atoms with Crippen LogP contribution in [0.25, 0.3) is 5.52 Å². The van der Waals surface area contributed by atoms with Gasteiger partial charge >= 0.3 is 0 Å². The van der Waals surface area contributed by atoms with Gasteiger partial charge in [0.15, 0.2) is 5.69 Å². The summed E-state index contributed by atoms with van der Waals surface area (Å²) in [6, 6.07) is 7.69. The van der Waals surface area contributed by atoms with Crippen LogP contribution < -0.4 is 16.2 Å². The maximum atomic E-state index is 12.2. The number of carbonyl (C=O) groups is 1. The van der Waals surface area contributed by atoms with Gasteiger partial charge in [-0.05, 0) is 16.7 Å². The molecule has 7 nitrogen and oxygen atoms in total. The number of hydrogen-bond acceptors (Lipinski definition) is 4. The van der Waals surface area contributed by atoms with Gasteiger partial charge in [-0.3, -0.25) is 9.59 Å². The molecule has 0 unspecified atom stereocenters. The topological polar surface area (TPSA) is 91.3 Å². The first-order valence-corrected chi connectivity index (χ1v) is 7.37. The maximum absolute atomic E-state index is 12.2. The van der Waals surface area contributed by atoms with Crippen LogP contribution in [0.15, 0.2) is 41.5 Å². The van der Waals surface area contributed by atoms with Crippen LogP contribution in [0.2, 0.25) is 0 Å². The number of carbonyl (C=O) groups excluding carboxylic acids is 1. The predicted molar refractivity (Wildman–Crippen MR) is 84.0 cm³/mol. The van der Waals surface area contributed by atoms with E-state index >= 15 is 0 Å². The SMILES string of the molecule is O=C(NCc1ccc2c(c1)CNC2)c1cc2c(=O)[nH]ccn2n1. The number of rotatable bonds is 3. The molecule has 2 aromatic heterocycles. The number of aromatic nitrogens is 3. The van der Waals surface area contributed by atoms with Crippen molar-refractivity contribution in [2.45, 2.75) is 19.6 Å². The number of amides is 1. The van der Waals surface area contributed by atoms with Crippen molar-refractivity contribution >= 4 is 11.4 Å². The summed E-state index contributed by atoms with van der Waals surface area (Å²) in [6.07, 6.45) is 3.09. The molecule has 3 heterocycles. The van der Waals surface area contributed by atoms with Crippen molar-refractivity contribution in [2.75, 3.05) is 0 Å². The van der Waals surface area contributed by atoms with Gasteiger partial charge in [-0.2, -0.15) is 5.10 Å². The Labute approximate surface area is 131 Å². The first-order chi connectivity index (χ1) is 11.2. The van der Waals surface area contributed by atoms with Crippen LogP contribution >= 0.6 is 0 Å². The molecule has 1 aliphatic rings. The molecule has 0 fully saturated rings. The smallest absolute Gasteiger partial charge is 0.273 e. The highest BCUT2D eigenvalue weighted by molar-refractivity contribution is 5.93. The van der Waals surface area contributed by atoms with Crippen LogP contribution in [0, 0.1) is 0 Å². The number of H-pyrrole nitrogens is 1. The number of nitrogens with zero attached hydrogens (tertiary/aromatic N) is 2. The highest BCUT2D eigenvalue weighted by Gasteiger charge is 2.13. The molecule has 116 valence electrons. The standard InChI is InChI=1S/C16H15N5O2/c22-15(13-6-14-16(23)18-3-4-21(14)20-13)19-7-10-1-2-11-8-17-9-12(11)5-10/h1-6,17H,7-9H2,(H,18,23)(H,19,22). The van der Waals surface area contributed by atoms with E-state index in [0.29, 0.717) is 12.1 Å². The highest BCUT2D eigenvalue weighted by atomic mass is 16.2. The highest BCUT2D eigenvalue weighted by Crippen LogP contribution is 2.17. The van der Waals surface area contributed by atoms with Crippen molar-refractivity contribution in [2.24, 2.45) is 0 Å². The van der Waals surface area contributed by atoms with Gasteiger partial charge in [0.05, 0.1) is 0 Å². The van der Waals surface area contributed by atoms with Gasteiger partial charge in [0.25, 0.3) is 11.5 Å². The zero-order chi connectivity index (χ0) is 15.8. The molecule has 3 N–H and O–H groups in total. The molecule has 1 aliphatic heterocycles. The first kappa shape index (κ1) is 13.7. The Kier molecular flexibility index (Phi) is 3.20. The third-order valence-corrected chi connectivity index (χ3v) is 3.99. The third-order valence-electron chi connectivity index (χ3n) is 3.99. The largest absolute Gasteiger partial charge is 0.347 e. The minimum atomic E-state index is -0.299. The summed E-state index contributed by atoms with van der Waals surface area (Å²) in [5.41, 5.74) is 3.93. The van der Waals surface area contributed by atoms with Gasteiger partial charge in [0, 0.05) is 38.1 Å². The van der Waals surface area contributed by atoms with Crippen molar-refractivity contribution < 1.29 is 4.79 Å². The summed E-state index contributed by atoms with van der Waals surface area (Å²) in [5, 5.41) is 10.3. The van der Waals surface area contributed by atoms with E-state index in [2.05, 4.69) is 32.8 Å². The number of aromatic amines is 1. The molecule has 7 heteroatoms. The summed E-state index contributed by atoms with van der Waals surface area (Å²) >= 11 is 0. The molecule has 0 saturated heterocycles. The molecular formula is C16H15N5O2. The zero-order valence-corrected chi connectivity index (χ0v) is 12.3. The molecule has 0 aliphatic carbocycles. The second kappa shape index (κ2) is 5.36. The Morgan fingerprint density at radius 3 is 3.00 bits per heavy atom. The first-order valence-electron chi connectivity index (χ1n) is 7.37. The quantitative estimate of drug-likeness (QED) is 0.659. The lowest BCUT2D eigenvalue weighted by Crippen LogP contribution is -2.23. The number of hydrogen-bond donors (Lipinski definition) is 3. The Morgan fingerprint density at radius 1 is 1.26 bits per heavy atom. The van der Waals surface area contributed by atoms with Gasteiger partial charge in [0.2, 0.25) is 0 Å². The number of fused-ring (bicyclic) bond motifs is 2. The fourth-order valence-electron chi connectivity index (χ4n) is 2.78. The van der Waals surface area contributed by atoms with Crippen LogP contribution in [-0.4, -0.2) is 20.5 Å². The van der Waals surface area contributed by atoms with Gasteiger partial charge < -0.3 is 15.6 Å². The fourth-order valence-corrected chi connectivity index (χ4v) is 2.78. The summed E-state index contributed by atoms with van der Waals surface area (Å²) in [6.45, 7) is 2.19. The Hall–Kier alpha value is -2.93. The van der Waals surface area contributed by atoms with Crippen LogP contribution in [0.3, 0.4) is 0 Å². The van der Waals surface area contributed by atoms with E-state index in [1.165, 1.54) is 27.9 Å². The Balaban J connectivity index is 1.51. The van der Waals surface area contributed by atoms with Crippen molar-refractivity contribution in [1.29, 1.82) is 0 Å². The van der Waals surface area contributed by atoms with E-state index in [0.717, 1.165) is 18.7 Å². The summed E-state index contributed by atoms with van der Waals surface area (Å²) in [7, 11) is 0. The lowest BCUT2D eigenvalue weighted by Gasteiger charge is -2.05. The molecule has 0 spiro atoms. The van der Waals surface area contributed by atoms with E-state index in [1.807, 2.05) is 6.07 Å². The third kappa shape index (κ3) is 2.51. The fraction of sp³-hybridized carbons (Fsp3) is 0.188.